The van der Waals surface area contributed by atoms with Gasteiger partial charge in [-0.05, 0) is 19.3 Å². The number of carbonyl (C=O) groups is 1. The zero-order valence-corrected chi connectivity index (χ0v) is 7.99. The number of carboxylic acid groups (broad SMARTS) is 1. The van der Waals surface area contributed by atoms with Gasteiger partial charge < -0.3 is 15.7 Å². The summed E-state index contributed by atoms with van der Waals surface area (Å²) in [6, 6.07) is 0. The first-order valence-electron chi connectivity index (χ1n) is 4.67. The maximum absolute atomic E-state index is 10.4. The summed E-state index contributed by atoms with van der Waals surface area (Å²) in [5.41, 5.74) is 5.39. The van der Waals surface area contributed by atoms with Gasteiger partial charge in [-0.1, -0.05) is 0 Å². The van der Waals surface area contributed by atoms with E-state index in [-0.39, 0.29) is 18.7 Å². The van der Waals surface area contributed by atoms with Crippen LogP contribution >= 0.6 is 0 Å². The molecule has 1 fully saturated rings. The molecular weight excluding hydrogens is 184 g/mol. The predicted molar refractivity (Wildman–Crippen MR) is 51.9 cm³/mol. The molecule has 0 amide bonds. The van der Waals surface area contributed by atoms with Gasteiger partial charge in [-0.2, -0.15) is 0 Å². The van der Waals surface area contributed by atoms with Gasteiger partial charge in [0.2, 0.25) is 0 Å². The molecule has 0 saturated carbocycles. The van der Waals surface area contributed by atoms with Crippen molar-refractivity contribution >= 4 is 11.9 Å². The highest BCUT2D eigenvalue weighted by Gasteiger charge is 2.23. The van der Waals surface area contributed by atoms with E-state index in [1.54, 1.807) is 4.90 Å². The molecule has 6 nitrogen and oxygen atoms in total. The molecule has 0 aromatic carbocycles. The van der Waals surface area contributed by atoms with E-state index in [1.807, 2.05) is 0 Å². The van der Waals surface area contributed by atoms with Gasteiger partial charge in [-0.3, -0.25) is 15.5 Å². The van der Waals surface area contributed by atoms with Crippen molar-refractivity contribution in [1.29, 1.82) is 5.41 Å². The van der Waals surface area contributed by atoms with Crippen LogP contribution in [0.15, 0.2) is 0 Å². The summed E-state index contributed by atoms with van der Waals surface area (Å²) < 4.78 is 0. The minimum atomic E-state index is -0.890. The standard InChI is InChI=1S/C8H16N4O2/c9-8(10)12-4-2-1-3-6(12)11-5-7(13)14/h6,11H,1-5H2,(H3,9,10)(H,13,14). The van der Waals surface area contributed by atoms with Crippen LogP contribution in [0, 0.1) is 5.41 Å². The molecule has 1 unspecified atom stereocenters. The van der Waals surface area contributed by atoms with Crippen LogP contribution < -0.4 is 11.1 Å². The van der Waals surface area contributed by atoms with Crippen molar-refractivity contribution in [3.63, 3.8) is 0 Å². The van der Waals surface area contributed by atoms with Crippen LogP contribution in [0.5, 0.6) is 0 Å². The Morgan fingerprint density at radius 1 is 1.64 bits per heavy atom. The van der Waals surface area contributed by atoms with E-state index >= 15 is 0 Å². The predicted octanol–water partition coefficient (Wildman–Crippen LogP) is -0.634. The molecule has 1 rings (SSSR count). The zero-order chi connectivity index (χ0) is 10.6. The average molecular weight is 200 g/mol. The number of hydrogen-bond acceptors (Lipinski definition) is 3. The monoisotopic (exact) mass is 200 g/mol. The Bertz CT molecular complexity index is 231. The van der Waals surface area contributed by atoms with Gasteiger partial charge in [-0.25, -0.2) is 0 Å². The number of nitrogens with zero attached hydrogens (tertiary/aromatic N) is 1. The largest absolute Gasteiger partial charge is 0.480 e. The third kappa shape index (κ3) is 2.88. The minimum absolute atomic E-state index is 0.00703. The molecule has 0 spiro atoms. The summed E-state index contributed by atoms with van der Waals surface area (Å²) in [5.74, 6) is -0.883. The highest BCUT2D eigenvalue weighted by molar-refractivity contribution is 5.75. The Balaban J connectivity index is 2.45. The SMILES string of the molecule is N=C(N)N1CCCCC1NCC(=O)O. The van der Waals surface area contributed by atoms with Crippen molar-refractivity contribution in [3.05, 3.63) is 0 Å². The normalized spacial score (nSPS) is 22.0. The smallest absolute Gasteiger partial charge is 0.317 e. The number of aliphatic carboxylic acids is 1. The molecule has 1 saturated heterocycles. The highest BCUT2D eigenvalue weighted by atomic mass is 16.4. The van der Waals surface area contributed by atoms with Gasteiger partial charge in [0.1, 0.15) is 0 Å². The second kappa shape index (κ2) is 4.80. The topological polar surface area (TPSA) is 102 Å². The van der Waals surface area contributed by atoms with E-state index in [2.05, 4.69) is 5.32 Å². The summed E-state index contributed by atoms with van der Waals surface area (Å²) in [4.78, 5) is 12.1. The first-order chi connectivity index (χ1) is 6.61. The van der Waals surface area contributed by atoms with Crippen LogP contribution in [0.1, 0.15) is 19.3 Å². The molecule has 80 valence electrons. The Labute approximate surface area is 82.6 Å². The summed E-state index contributed by atoms with van der Waals surface area (Å²) in [6.45, 7) is 0.640. The number of carboxylic acids is 1. The molecule has 0 bridgehead atoms. The van der Waals surface area contributed by atoms with Crippen LogP contribution in [0.25, 0.3) is 0 Å². The first-order valence-corrected chi connectivity index (χ1v) is 4.67. The second-order valence-corrected chi connectivity index (χ2v) is 3.36. The van der Waals surface area contributed by atoms with Crippen molar-refractivity contribution in [2.45, 2.75) is 25.4 Å². The number of nitrogens with two attached hydrogens (primary N) is 1. The average Bonchev–Trinajstić information content (AvgIpc) is 2.15. The van der Waals surface area contributed by atoms with Crippen LogP contribution in [-0.2, 0) is 4.79 Å². The molecule has 1 aliphatic rings. The van der Waals surface area contributed by atoms with Crippen molar-refractivity contribution < 1.29 is 9.90 Å². The molecule has 1 atom stereocenters. The van der Waals surface area contributed by atoms with E-state index in [0.717, 1.165) is 25.8 Å². The molecule has 1 aliphatic heterocycles. The van der Waals surface area contributed by atoms with Gasteiger partial charge in [0.15, 0.2) is 5.96 Å². The molecule has 6 heteroatoms. The molecule has 0 aromatic rings. The van der Waals surface area contributed by atoms with E-state index in [4.69, 9.17) is 16.2 Å². The lowest BCUT2D eigenvalue weighted by Gasteiger charge is -2.36. The molecule has 0 aromatic heterocycles. The lowest BCUT2D eigenvalue weighted by atomic mass is 10.1. The Morgan fingerprint density at radius 3 is 2.93 bits per heavy atom. The Morgan fingerprint density at radius 2 is 2.36 bits per heavy atom. The van der Waals surface area contributed by atoms with E-state index in [1.165, 1.54) is 0 Å². The summed E-state index contributed by atoms with van der Waals surface area (Å²) in [5, 5.41) is 18.7. The highest BCUT2D eigenvalue weighted by Crippen LogP contribution is 2.13. The van der Waals surface area contributed by atoms with Crippen LogP contribution in [0.3, 0.4) is 0 Å². The number of rotatable bonds is 3. The molecular formula is C8H16N4O2. The summed E-state index contributed by atoms with van der Waals surface area (Å²) in [6.07, 6.45) is 2.79. The third-order valence-electron chi connectivity index (χ3n) is 2.30. The molecule has 1 heterocycles. The van der Waals surface area contributed by atoms with Crippen molar-refractivity contribution in [1.82, 2.24) is 10.2 Å². The fourth-order valence-electron chi connectivity index (χ4n) is 1.64. The molecule has 5 N–H and O–H groups in total. The van der Waals surface area contributed by atoms with Gasteiger partial charge >= 0.3 is 5.97 Å². The minimum Gasteiger partial charge on any atom is -0.480 e. The second-order valence-electron chi connectivity index (χ2n) is 3.36. The van der Waals surface area contributed by atoms with Crippen LogP contribution in [0.4, 0.5) is 0 Å². The number of piperidine rings is 1. The lowest BCUT2D eigenvalue weighted by Crippen LogP contribution is -2.54. The van der Waals surface area contributed by atoms with E-state index in [9.17, 15) is 4.79 Å². The summed E-state index contributed by atoms with van der Waals surface area (Å²) in [7, 11) is 0. The number of hydrogen-bond donors (Lipinski definition) is 4. The zero-order valence-electron chi connectivity index (χ0n) is 7.99. The van der Waals surface area contributed by atoms with Crippen molar-refractivity contribution in [3.8, 4) is 0 Å². The fourth-order valence-corrected chi connectivity index (χ4v) is 1.64. The maximum atomic E-state index is 10.4. The first kappa shape index (κ1) is 10.8. The number of likely N-dealkylation sites (tertiary alicyclic amines) is 1. The Kier molecular flexibility index (Phi) is 3.70. The van der Waals surface area contributed by atoms with Crippen LogP contribution in [-0.4, -0.2) is 41.2 Å². The van der Waals surface area contributed by atoms with Gasteiger partial charge in [0.25, 0.3) is 0 Å². The molecule has 14 heavy (non-hydrogen) atoms. The quantitative estimate of drug-likeness (QED) is 0.359. The van der Waals surface area contributed by atoms with E-state index in [0.29, 0.717) is 0 Å². The Hall–Kier alpha value is -1.30. The lowest BCUT2D eigenvalue weighted by molar-refractivity contribution is -0.136. The molecule has 0 aliphatic carbocycles. The fraction of sp³-hybridized carbons (Fsp3) is 0.750. The summed E-state index contributed by atoms with van der Waals surface area (Å²) >= 11 is 0. The van der Waals surface area contributed by atoms with Gasteiger partial charge in [0, 0.05) is 6.54 Å². The van der Waals surface area contributed by atoms with Gasteiger partial charge in [0.05, 0.1) is 12.7 Å². The van der Waals surface area contributed by atoms with E-state index < -0.39 is 5.97 Å². The molecule has 0 radical (unpaired) electrons. The number of guanidine groups is 1. The third-order valence-corrected chi connectivity index (χ3v) is 2.30. The maximum Gasteiger partial charge on any atom is 0.317 e. The van der Waals surface area contributed by atoms with Gasteiger partial charge in [-0.15, -0.1) is 0 Å². The number of nitrogens with one attached hydrogen (secondary N) is 2. The van der Waals surface area contributed by atoms with Crippen LogP contribution in [0.2, 0.25) is 0 Å². The van der Waals surface area contributed by atoms with Crippen molar-refractivity contribution in [2.24, 2.45) is 5.73 Å². The van der Waals surface area contributed by atoms with Crippen molar-refractivity contribution in [2.75, 3.05) is 13.1 Å².